The van der Waals surface area contributed by atoms with Gasteiger partial charge >= 0.3 is 0 Å². The molecule has 0 saturated carbocycles. The molecule has 1 saturated heterocycles. The van der Waals surface area contributed by atoms with E-state index in [2.05, 4.69) is 24.1 Å². The predicted molar refractivity (Wildman–Crippen MR) is 88.0 cm³/mol. The zero-order valence-corrected chi connectivity index (χ0v) is 13.3. The molecule has 2 aromatic rings. The molecule has 0 atom stereocenters. The van der Waals surface area contributed by atoms with E-state index in [1.807, 2.05) is 30.3 Å². The zero-order valence-electron chi connectivity index (χ0n) is 13.3. The Morgan fingerprint density at radius 3 is 2.73 bits per heavy atom. The number of rotatable bonds is 4. The summed E-state index contributed by atoms with van der Waals surface area (Å²) in [4.78, 5) is 14.7. The molecule has 2 heterocycles. The van der Waals surface area contributed by atoms with Gasteiger partial charge in [-0.15, -0.1) is 0 Å². The molecule has 0 unspecified atom stereocenters. The third-order valence-corrected chi connectivity index (χ3v) is 4.58. The SMILES string of the molecule is CC(C)N1CCC(CNC(=O)c2cc3ccccc3o2)CC1. The fraction of sp³-hybridized carbons (Fsp3) is 0.500. The highest BCUT2D eigenvalue weighted by Gasteiger charge is 2.21. The zero-order chi connectivity index (χ0) is 15.5. The second-order valence-electron chi connectivity index (χ2n) is 6.43. The van der Waals surface area contributed by atoms with Crippen LogP contribution in [0.3, 0.4) is 0 Å². The number of benzene rings is 1. The van der Waals surface area contributed by atoms with Crippen LogP contribution in [0.1, 0.15) is 37.2 Å². The number of para-hydroxylation sites is 1. The molecular weight excluding hydrogens is 276 g/mol. The molecule has 0 spiro atoms. The van der Waals surface area contributed by atoms with Gasteiger partial charge < -0.3 is 14.6 Å². The van der Waals surface area contributed by atoms with E-state index < -0.39 is 0 Å². The first kappa shape index (κ1) is 15.1. The van der Waals surface area contributed by atoms with Crippen LogP contribution in [0, 0.1) is 5.92 Å². The number of likely N-dealkylation sites (tertiary alicyclic amines) is 1. The van der Waals surface area contributed by atoms with Gasteiger partial charge in [-0.3, -0.25) is 4.79 Å². The van der Waals surface area contributed by atoms with Crippen molar-refractivity contribution in [1.29, 1.82) is 0 Å². The van der Waals surface area contributed by atoms with Crippen molar-refractivity contribution in [3.05, 3.63) is 36.1 Å². The fourth-order valence-corrected chi connectivity index (χ4v) is 3.09. The number of fused-ring (bicyclic) bond motifs is 1. The Balaban J connectivity index is 1.52. The summed E-state index contributed by atoms with van der Waals surface area (Å²) < 4.78 is 5.60. The molecular formula is C18H24N2O2. The lowest BCUT2D eigenvalue weighted by molar-refractivity contribution is 0.0904. The number of furan rings is 1. The van der Waals surface area contributed by atoms with E-state index in [0.717, 1.165) is 43.4 Å². The molecule has 4 nitrogen and oxygen atoms in total. The first-order valence-electron chi connectivity index (χ1n) is 8.14. The van der Waals surface area contributed by atoms with Crippen molar-refractivity contribution in [1.82, 2.24) is 10.2 Å². The summed E-state index contributed by atoms with van der Waals surface area (Å²) in [7, 11) is 0. The first-order valence-corrected chi connectivity index (χ1v) is 8.14. The highest BCUT2D eigenvalue weighted by Crippen LogP contribution is 2.20. The molecule has 0 aliphatic carbocycles. The molecule has 3 rings (SSSR count). The molecule has 1 fully saturated rings. The van der Waals surface area contributed by atoms with Crippen LogP contribution < -0.4 is 5.32 Å². The van der Waals surface area contributed by atoms with Gasteiger partial charge in [0.05, 0.1) is 0 Å². The second kappa shape index (κ2) is 6.53. The van der Waals surface area contributed by atoms with Gasteiger partial charge in [-0.25, -0.2) is 0 Å². The summed E-state index contributed by atoms with van der Waals surface area (Å²) in [5.41, 5.74) is 0.762. The van der Waals surface area contributed by atoms with Crippen molar-refractivity contribution in [2.24, 2.45) is 5.92 Å². The normalized spacial score (nSPS) is 17.2. The van der Waals surface area contributed by atoms with E-state index in [1.54, 1.807) is 0 Å². The van der Waals surface area contributed by atoms with Crippen LogP contribution in [0.25, 0.3) is 11.0 Å². The molecule has 1 amide bonds. The number of piperidine rings is 1. The van der Waals surface area contributed by atoms with Crippen LogP contribution in [0.4, 0.5) is 0 Å². The second-order valence-corrected chi connectivity index (χ2v) is 6.43. The van der Waals surface area contributed by atoms with Crippen molar-refractivity contribution in [3.8, 4) is 0 Å². The smallest absolute Gasteiger partial charge is 0.287 e. The molecule has 1 aliphatic heterocycles. The highest BCUT2D eigenvalue weighted by molar-refractivity contribution is 5.96. The average Bonchev–Trinajstić information content (AvgIpc) is 2.97. The van der Waals surface area contributed by atoms with Crippen LogP contribution in [0.15, 0.2) is 34.7 Å². The number of nitrogens with zero attached hydrogens (tertiary/aromatic N) is 1. The molecule has 118 valence electrons. The van der Waals surface area contributed by atoms with Gasteiger partial charge in [-0.05, 0) is 57.8 Å². The maximum atomic E-state index is 12.2. The van der Waals surface area contributed by atoms with E-state index in [-0.39, 0.29) is 5.91 Å². The van der Waals surface area contributed by atoms with Crippen molar-refractivity contribution < 1.29 is 9.21 Å². The van der Waals surface area contributed by atoms with Crippen molar-refractivity contribution in [3.63, 3.8) is 0 Å². The summed E-state index contributed by atoms with van der Waals surface area (Å²) in [5.74, 6) is 0.867. The highest BCUT2D eigenvalue weighted by atomic mass is 16.3. The minimum atomic E-state index is -0.109. The van der Waals surface area contributed by atoms with Gasteiger partial charge in [0, 0.05) is 18.0 Å². The summed E-state index contributed by atoms with van der Waals surface area (Å²) >= 11 is 0. The minimum absolute atomic E-state index is 0.109. The lowest BCUT2D eigenvalue weighted by atomic mass is 9.96. The van der Waals surface area contributed by atoms with Crippen molar-refractivity contribution >= 4 is 16.9 Å². The van der Waals surface area contributed by atoms with E-state index in [4.69, 9.17) is 4.42 Å². The number of amides is 1. The molecule has 1 N–H and O–H groups in total. The quantitative estimate of drug-likeness (QED) is 0.942. The topological polar surface area (TPSA) is 45.5 Å². The molecule has 1 aromatic heterocycles. The van der Waals surface area contributed by atoms with Gasteiger partial charge in [0.25, 0.3) is 5.91 Å². The number of nitrogens with one attached hydrogen (secondary N) is 1. The van der Waals surface area contributed by atoms with Crippen LogP contribution >= 0.6 is 0 Å². The third-order valence-electron chi connectivity index (χ3n) is 4.58. The molecule has 0 radical (unpaired) electrons. The average molecular weight is 300 g/mol. The van der Waals surface area contributed by atoms with Crippen LogP contribution in [0.2, 0.25) is 0 Å². The summed E-state index contributed by atoms with van der Waals surface area (Å²) in [5, 5.41) is 3.99. The van der Waals surface area contributed by atoms with Crippen LogP contribution in [-0.4, -0.2) is 36.5 Å². The summed E-state index contributed by atoms with van der Waals surface area (Å²) in [6.07, 6.45) is 2.30. The Morgan fingerprint density at radius 2 is 2.05 bits per heavy atom. The van der Waals surface area contributed by atoms with Gasteiger partial charge in [0.2, 0.25) is 0 Å². The largest absolute Gasteiger partial charge is 0.451 e. The molecule has 4 heteroatoms. The summed E-state index contributed by atoms with van der Waals surface area (Å²) in [6.45, 7) is 7.47. The Hall–Kier alpha value is -1.81. The molecule has 0 bridgehead atoms. The maximum Gasteiger partial charge on any atom is 0.287 e. The third kappa shape index (κ3) is 3.33. The Kier molecular flexibility index (Phi) is 4.48. The van der Waals surface area contributed by atoms with Crippen LogP contribution in [-0.2, 0) is 0 Å². The van der Waals surface area contributed by atoms with E-state index in [0.29, 0.717) is 17.7 Å². The number of hydrogen-bond donors (Lipinski definition) is 1. The van der Waals surface area contributed by atoms with Gasteiger partial charge in [0.1, 0.15) is 5.58 Å². The minimum Gasteiger partial charge on any atom is -0.451 e. The molecule has 1 aromatic carbocycles. The Bertz CT molecular complexity index is 606. The Labute approximate surface area is 131 Å². The van der Waals surface area contributed by atoms with Gasteiger partial charge in [-0.1, -0.05) is 18.2 Å². The van der Waals surface area contributed by atoms with Gasteiger partial charge in [-0.2, -0.15) is 0 Å². The van der Waals surface area contributed by atoms with E-state index in [1.165, 1.54) is 0 Å². The first-order chi connectivity index (χ1) is 10.6. The number of carbonyl (C=O) groups excluding carboxylic acids is 1. The lowest BCUT2D eigenvalue weighted by Crippen LogP contribution is -2.41. The monoisotopic (exact) mass is 300 g/mol. The van der Waals surface area contributed by atoms with E-state index >= 15 is 0 Å². The molecule has 22 heavy (non-hydrogen) atoms. The van der Waals surface area contributed by atoms with Crippen molar-refractivity contribution in [2.45, 2.75) is 32.7 Å². The predicted octanol–water partition coefficient (Wildman–Crippen LogP) is 3.28. The lowest BCUT2D eigenvalue weighted by Gasteiger charge is -2.34. The van der Waals surface area contributed by atoms with E-state index in [9.17, 15) is 4.79 Å². The number of hydrogen-bond acceptors (Lipinski definition) is 3. The fourth-order valence-electron chi connectivity index (χ4n) is 3.09. The summed E-state index contributed by atoms with van der Waals surface area (Å²) in [6, 6.07) is 10.1. The maximum absolute atomic E-state index is 12.2. The van der Waals surface area contributed by atoms with Gasteiger partial charge in [0.15, 0.2) is 5.76 Å². The Morgan fingerprint density at radius 1 is 1.32 bits per heavy atom. The standard InChI is InChI=1S/C18H24N2O2/c1-13(2)20-9-7-14(8-10-20)12-19-18(21)17-11-15-5-3-4-6-16(15)22-17/h3-6,11,13-14H,7-10,12H2,1-2H3,(H,19,21). The number of carbonyl (C=O) groups is 1. The van der Waals surface area contributed by atoms with Crippen LogP contribution in [0.5, 0.6) is 0 Å². The van der Waals surface area contributed by atoms with Crippen molar-refractivity contribution in [2.75, 3.05) is 19.6 Å². The molecule has 1 aliphatic rings.